The molecule has 0 radical (unpaired) electrons. The van der Waals surface area contributed by atoms with E-state index in [0.717, 1.165) is 11.0 Å². The predicted molar refractivity (Wildman–Crippen MR) is 91.2 cm³/mol. The second-order valence-electron chi connectivity index (χ2n) is 7.09. The van der Waals surface area contributed by atoms with Crippen LogP contribution in [0.3, 0.4) is 0 Å². The van der Waals surface area contributed by atoms with Crippen molar-refractivity contribution < 1.29 is 29.6 Å². The number of nitrogens with one attached hydrogen (secondary N) is 2. The lowest BCUT2D eigenvalue weighted by Gasteiger charge is -2.34. The number of hydrogen-bond acceptors (Lipinski definition) is 8. The number of nitrogens with zero attached hydrogens (tertiary/aromatic N) is 3. The predicted octanol–water partition coefficient (Wildman–Crippen LogP) is -2.51. The van der Waals surface area contributed by atoms with Gasteiger partial charge in [0.15, 0.2) is 11.2 Å². The van der Waals surface area contributed by atoms with E-state index < -0.39 is 30.0 Å². The van der Waals surface area contributed by atoms with Crippen molar-refractivity contribution in [3.05, 3.63) is 22.5 Å². The molecule has 146 valence electrons. The SMILES string of the molecule is C[N+](C)(C)CCO.O=c1[nH]c(C2OC[C@@H](O)[C@@H](O)[C@@H]2O)nc2nc[nH]c12. The maximum atomic E-state index is 11.7. The third-order valence-electron chi connectivity index (χ3n) is 3.86. The average molecular weight is 372 g/mol. The van der Waals surface area contributed by atoms with E-state index in [9.17, 15) is 20.1 Å². The Labute approximate surface area is 149 Å². The van der Waals surface area contributed by atoms with Crippen LogP contribution in [0.1, 0.15) is 11.9 Å². The Morgan fingerprint density at radius 2 is 1.96 bits per heavy atom. The van der Waals surface area contributed by atoms with Crippen LogP contribution in [-0.2, 0) is 4.74 Å². The second-order valence-corrected chi connectivity index (χ2v) is 7.09. The van der Waals surface area contributed by atoms with Crippen molar-refractivity contribution >= 4 is 11.2 Å². The van der Waals surface area contributed by atoms with Crippen LogP contribution in [0, 0.1) is 0 Å². The van der Waals surface area contributed by atoms with E-state index in [1.165, 1.54) is 6.33 Å². The van der Waals surface area contributed by atoms with E-state index in [-0.39, 0.29) is 30.2 Å². The third kappa shape index (κ3) is 4.84. The molecule has 1 aliphatic rings. The van der Waals surface area contributed by atoms with Crippen molar-refractivity contribution in [2.45, 2.75) is 24.4 Å². The van der Waals surface area contributed by atoms with Gasteiger partial charge in [-0.3, -0.25) is 4.79 Å². The van der Waals surface area contributed by atoms with Gasteiger partial charge in [-0.05, 0) is 0 Å². The average Bonchev–Trinajstić information content (AvgIpc) is 3.01. The van der Waals surface area contributed by atoms with Crippen molar-refractivity contribution in [3.8, 4) is 0 Å². The van der Waals surface area contributed by atoms with Gasteiger partial charge in [0.05, 0.1) is 40.7 Å². The highest BCUT2D eigenvalue weighted by Crippen LogP contribution is 2.26. The summed E-state index contributed by atoms with van der Waals surface area (Å²) < 4.78 is 6.05. The van der Waals surface area contributed by atoms with Crippen LogP contribution < -0.4 is 5.56 Å². The minimum absolute atomic E-state index is 0.0584. The van der Waals surface area contributed by atoms with E-state index in [2.05, 4.69) is 41.1 Å². The van der Waals surface area contributed by atoms with Crippen LogP contribution in [0.5, 0.6) is 0 Å². The molecule has 2 aromatic heterocycles. The Kier molecular flexibility index (Phi) is 6.44. The summed E-state index contributed by atoms with van der Waals surface area (Å²) in [6, 6.07) is 0. The van der Waals surface area contributed by atoms with E-state index in [0.29, 0.717) is 0 Å². The molecule has 6 N–H and O–H groups in total. The lowest BCUT2D eigenvalue weighted by molar-refractivity contribution is -0.870. The summed E-state index contributed by atoms with van der Waals surface area (Å²) in [6.07, 6.45) is -3.62. The molecule has 11 nitrogen and oxygen atoms in total. The largest absolute Gasteiger partial charge is 0.391 e. The highest BCUT2D eigenvalue weighted by molar-refractivity contribution is 5.68. The number of aromatic amines is 2. The molecule has 1 aliphatic heterocycles. The topological polar surface area (TPSA) is 165 Å². The van der Waals surface area contributed by atoms with Gasteiger partial charge in [-0.25, -0.2) is 9.97 Å². The number of likely N-dealkylation sites (N-methyl/N-ethyl adjacent to an activating group) is 1. The fourth-order valence-electron chi connectivity index (χ4n) is 2.34. The van der Waals surface area contributed by atoms with Crippen LogP contribution in [0.2, 0.25) is 0 Å². The zero-order chi connectivity index (χ0) is 19.5. The Balaban J connectivity index is 0.000000298. The van der Waals surface area contributed by atoms with E-state index in [1.54, 1.807) is 0 Å². The summed E-state index contributed by atoms with van der Waals surface area (Å²) in [5.41, 5.74) is -0.0429. The van der Waals surface area contributed by atoms with Gasteiger partial charge in [0.1, 0.15) is 36.8 Å². The summed E-state index contributed by atoms with van der Waals surface area (Å²) in [5.74, 6) is 0.0584. The molecule has 3 rings (SSSR count). The van der Waals surface area contributed by atoms with Gasteiger partial charge in [-0.2, -0.15) is 0 Å². The first-order valence-corrected chi connectivity index (χ1v) is 8.14. The molecule has 4 atom stereocenters. The number of hydrogen-bond donors (Lipinski definition) is 6. The summed E-state index contributed by atoms with van der Waals surface area (Å²) in [6.45, 7) is 0.953. The Bertz CT molecular complexity index is 770. The summed E-state index contributed by atoms with van der Waals surface area (Å²) in [5, 5.41) is 37.2. The number of aromatic nitrogens is 4. The standard InChI is InChI=1S/C10H12N4O5.C5H14NO/c15-3-1-19-7(6(17)5(3)16)9-13-8-4(10(18)14-9)11-2-12-8;1-6(2,3)4-5-7/h2-3,5-7,15-17H,1H2,(H2,11,12,13,14,18);7H,4-5H2,1-3H3/q;+1/t3-,5-,6+,7?;/m1./s1. The Morgan fingerprint density at radius 3 is 2.54 bits per heavy atom. The number of H-pyrrole nitrogens is 2. The fraction of sp³-hybridized carbons (Fsp3) is 0.667. The number of ether oxygens (including phenoxy) is 1. The van der Waals surface area contributed by atoms with Crippen LogP contribution in [0.4, 0.5) is 0 Å². The van der Waals surface area contributed by atoms with Crippen LogP contribution in [0.15, 0.2) is 11.1 Å². The van der Waals surface area contributed by atoms with E-state index >= 15 is 0 Å². The molecular formula is C15H26N5O6+. The molecule has 0 amide bonds. The van der Waals surface area contributed by atoms with Crippen molar-refractivity contribution in [2.75, 3.05) is 40.9 Å². The number of rotatable bonds is 3. The molecule has 26 heavy (non-hydrogen) atoms. The van der Waals surface area contributed by atoms with Gasteiger partial charge in [-0.15, -0.1) is 0 Å². The van der Waals surface area contributed by atoms with Gasteiger partial charge >= 0.3 is 0 Å². The molecule has 0 spiro atoms. The number of quaternary nitrogens is 1. The quantitative estimate of drug-likeness (QED) is 0.321. The van der Waals surface area contributed by atoms with Crippen molar-refractivity contribution in [1.29, 1.82) is 0 Å². The number of fused-ring (bicyclic) bond motifs is 1. The maximum Gasteiger partial charge on any atom is 0.277 e. The Morgan fingerprint density at radius 1 is 1.27 bits per heavy atom. The molecule has 2 aromatic rings. The maximum absolute atomic E-state index is 11.7. The lowest BCUT2D eigenvalue weighted by atomic mass is 9.99. The molecule has 3 heterocycles. The molecule has 0 aliphatic carbocycles. The van der Waals surface area contributed by atoms with E-state index in [1.807, 2.05) is 0 Å². The number of imidazole rings is 1. The first kappa shape index (κ1) is 20.4. The van der Waals surface area contributed by atoms with Crippen LogP contribution >= 0.6 is 0 Å². The van der Waals surface area contributed by atoms with Crippen molar-refractivity contribution in [3.63, 3.8) is 0 Å². The summed E-state index contributed by atoms with van der Waals surface area (Å²) >= 11 is 0. The number of aliphatic hydroxyl groups is 4. The first-order valence-electron chi connectivity index (χ1n) is 8.14. The molecule has 1 saturated heterocycles. The fourth-order valence-corrected chi connectivity index (χ4v) is 2.34. The second kappa shape index (κ2) is 8.20. The highest BCUT2D eigenvalue weighted by atomic mass is 16.5. The molecule has 1 unspecified atom stereocenters. The lowest BCUT2D eigenvalue weighted by Crippen LogP contribution is -2.49. The summed E-state index contributed by atoms with van der Waals surface area (Å²) in [7, 11) is 6.16. The Hall–Kier alpha value is -1.89. The molecule has 1 fully saturated rings. The minimum Gasteiger partial charge on any atom is -0.391 e. The van der Waals surface area contributed by atoms with Crippen molar-refractivity contribution in [1.82, 2.24) is 19.9 Å². The number of aliphatic hydroxyl groups excluding tert-OH is 4. The first-order chi connectivity index (χ1) is 12.1. The third-order valence-corrected chi connectivity index (χ3v) is 3.86. The zero-order valence-electron chi connectivity index (χ0n) is 15.0. The van der Waals surface area contributed by atoms with Gasteiger partial charge < -0.3 is 39.6 Å². The molecule has 0 bridgehead atoms. The molecule has 11 heteroatoms. The zero-order valence-corrected chi connectivity index (χ0v) is 15.0. The minimum atomic E-state index is -1.39. The summed E-state index contributed by atoms with van der Waals surface area (Å²) in [4.78, 5) is 24.7. The molecule has 0 saturated carbocycles. The van der Waals surface area contributed by atoms with Gasteiger partial charge in [0, 0.05) is 0 Å². The van der Waals surface area contributed by atoms with Gasteiger partial charge in [-0.1, -0.05) is 0 Å². The van der Waals surface area contributed by atoms with Gasteiger partial charge in [0.2, 0.25) is 0 Å². The van der Waals surface area contributed by atoms with Gasteiger partial charge in [0.25, 0.3) is 5.56 Å². The highest BCUT2D eigenvalue weighted by Gasteiger charge is 2.39. The molecular weight excluding hydrogens is 346 g/mol. The molecule has 0 aromatic carbocycles. The van der Waals surface area contributed by atoms with Crippen LogP contribution in [0.25, 0.3) is 11.2 Å². The normalized spacial score (nSPS) is 26.4. The van der Waals surface area contributed by atoms with Crippen LogP contribution in [-0.4, -0.2) is 104 Å². The van der Waals surface area contributed by atoms with Crippen molar-refractivity contribution in [2.24, 2.45) is 0 Å². The van der Waals surface area contributed by atoms with E-state index in [4.69, 9.17) is 9.84 Å². The monoisotopic (exact) mass is 372 g/mol. The smallest absolute Gasteiger partial charge is 0.277 e.